The molecule has 0 spiro atoms. The van der Waals surface area contributed by atoms with Gasteiger partial charge in [0.05, 0.1) is 22.7 Å². The van der Waals surface area contributed by atoms with Crippen LogP contribution >= 0.6 is 27.7 Å². The van der Waals surface area contributed by atoms with Crippen molar-refractivity contribution in [1.82, 2.24) is 19.8 Å². The van der Waals surface area contributed by atoms with Crippen molar-refractivity contribution in [3.63, 3.8) is 0 Å². The van der Waals surface area contributed by atoms with Gasteiger partial charge < -0.3 is 9.74 Å². The number of aryl methyl sites for hydroxylation is 2. The van der Waals surface area contributed by atoms with E-state index < -0.39 is 0 Å². The topological polar surface area (TPSA) is 70.9 Å². The molecular formula is C28H38BrN5O2S. The Morgan fingerprint density at radius 1 is 1.11 bits per heavy atom. The maximum Gasteiger partial charge on any atom is 0.257 e. The molecule has 2 fully saturated rings. The number of carbonyl (C=O) groups excluding carboxylic acids is 1. The molecule has 2 aliphatic rings. The van der Waals surface area contributed by atoms with E-state index in [2.05, 4.69) is 67.1 Å². The summed E-state index contributed by atoms with van der Waals surface area (Å²) in [7, 11) is 0. The largest absolute Gasteiger partial charge is 0.396 e. The molecule has 0 atom stereocenters. The minimum atomic E-state index is 0.0645. The number of hydrogen-bond acceptors (Lipinski definition) is 7. The number of amides is 1. The monoisotopic (exact) mass is 587 g/mol. The maximum absolute atomic E-state index is 13.4. The number of benzene rings is 1. The fourth-order valence-electron chi connectivity index (χ4n) is 5.56. The van der Waals surface area contributed by atoms with Crippen LogP contribution in [0, 0.1) is 19.8 Å². The molecule has 0 saturated carbocycles. The van der Waals surface area contributed by atoms with Crippen molar-refractivity contribution in [2.45, 2.75) is 64.1 Å². The molecule has 1 aromatic heterocycles. The van der Waals surface area contributed by atoms with Gasteiger partial charge in [-0.25, -0.2) is 9.97 Å². The van der Waals surface area contributed by atoms with Gasteiger partial charge in [-0.1, -0.05) is 45.0 Å². The molecule has 0 bridgehead atoms. The Bertz CT molecular complexity index is 1100. The molecule has 3 heterocycles. The second-order valence-corrected chi connectivity index (χ2v) is 11.9. The zero-order valence-electron chi connectivity index (χ0n) is 22.6. The normalized spacial score (nSPS) is 19.2. The number of halogens is 1. The smallest absolute Gasteiger partial charge is 0.257 e. The number of thioether (sulfide) groups is 1. The molecule has 2 aromatic rings. The van der Waals surface area contributed by atoms with E-state index >= 15 is 0 Å². The first-order valence-corrected chi connectivity index (χ1v) is 15.2. The quantitative estimate of drug-likeness (QED) is 0.178. The molecule has 37 heavy (non-hydrogen) atoms. The zero-order chi connectivity index (χ0) is 26.6. The highest BCUT2D eigenvalue weighted by molar-refractivity contribution is 9.10. The van der Waals surface area contributed by atoms with E-state index in [1.165, 1.54) is 11.8 Å². The Morgan fingerprint density at radius 2 is 1.70 bits per heavy atom. The molecular weight excluding hydrogens is 550 g/mol. The van der Waals surface area contributed by atoms with Crippen LogP contribution < -0.4 is 0 Å². The van der Waals surface area contributed by atoms with Crippen LogP contribution in [0.5, 0.6) is 0 Å². The zero-order valence-corrected chi connectivity index (χ0v) is 25.0. The van der Waals surface area contributed by atoms with Gasteiger partial charge in [0.2, 0.25) is 0 Å². The lowest BCUT2D eigenvalue weighted by atomic mass is 9.82. The van der Waals surface area contributed by atoms with Gasteiger partial charge in [0, 0.05) is 29.0 Å². The lowest BCUT2D eigenvalue weighted by molar-refractivity contribution is 0.0161. The second kappa shape index (κ2) is 12.3. The van der Waals surface area contributed by atoms with Crippen molar-refractivity contribution in [3.05, 3.63) is 51.3 Å². The summed E-state index contributed by atoms with van der Waals surface area (Å²) < 4.78 is 1.06. The van der Waals surface area contributed by atoms with E-state index in [-0.39, 0.29) is 11.4 Å². The van der Waals surface area contributed by atoms with Crippen LogP contribution in [0.25, 0.3) is 0 Å². The van der Waals surface area contributed by atoms with Crippen molar-refractivity contribution in [2.24, 2.45) is 11.1 Å². The van der Waals surface area contributed by atoms with Crippen molar-refractivity contribution in [1.29, 1.82) is 0 Å². The Labute approximate surface area is 233 Å². The first-order valence-electron chi connectivity index (χ1n) is 13.1. The van der Waals surface area contributed by atoms with Crippen LogP contribution in [-0.4, -0.2) is 76.0 Å². The fourth-order valence-corrected chi connectivity index (χ4v) is 6.28. The molecule has 200 valence electrons. The Morgan fingerprint density at radius 3 is 2.24 bits per heavy atom. The molecule has 4 rings (SSSR count). The fraction of sp³-hybridized carbons (Fsp3) is 0.571. The minimum Gasteiger partial charge on any atom is -0.396 e. The van der Waals surface area contributed by atoms with E-state index in [1.54, 1.807) is 0 Å². The van der Waals surface area contributed by atoms with Crippen molar-refractivity contribution in [2.75, 3.05) is 39.0 Å². The summed E-state index contributed by atoms with van der Waals surface area (Å²) in [6, 6.07) is 8.36. The number of nitrogens with zero attached hydrogens (tertiary/aromatic N) is 5. The number of oxime groups is 1. The van der Waals surface area contributed by atoms with E-state index in [0.29, 0.717) is 18.1 Å². The SMILES string of the molecule is CCO/N=C(\c1ccc(Br)cc1)C1CCN(C2(C)CCN(C(=O)c3c(C)nc(SC)nc3C)CC2)CC1. The lowest BCUT2D eigenvalue weighted by Gasteiger charge is -2.49. The number of rotatable bonds is 7. The standard InChI is InChI=1S/C28H38BrN5O2S/c1-6-36-32-25(21-7-9-23(29)10-8-21)22-11-15-34(16-12-22)28(4)13-17-33(18-14-28)26(35)24-19(2)30-27(37-5)31-20(24)3/h7-10,22H,6,11-18H2,1-5H3/b32-25+. The number of carbonyl (C=O) groups is 1. The molecule has 1 amide bonds. The average molecular weight is 589 g/mol. The molecule has 0 N–H and O–H groups in total. The first kappa shape index (κ1) is 28.0. The third-order valence-corrected chi connectivity index (χ3v) is 8.93. The van der Waals surface area contributed by atoms with Crippen molar-refractivity contribution in [3.8, 4) is 0 Å². The Hall–Kier alpha value is -1.97. The number of piperidine rings is 2. The summed E-state index contributed by atoms with van der Waals surface area (Å²) in [5, 5.41) is 5.25. The summed E-state index contributed by atoms with van der Waals surface area (Å²) >= 11 is 5.04. The van der Waals surface area contributed by atoms with E-state index in [1.807, 2.05) is 31.9 Å². The van der Waals surface area contributed by atoms with Gasteiger partial charge in [0.1, 0.15) is 6.61 Å². The third kappa shape index (κ3) is 6.37. The molecule has 0 radical (unpaired) electrons. The van der Waals surface area contributed by atoms with Gasteiger partial charge in [0.25, 0.3) is 5.91 Å². The Kier molecular flexibility index (Phi) is 9.29. The predicted molar refractivity (Wildman–Crippen MR) is 153 cm³/mol. The van der Waals surface area contributed by atoms with Gasteiger partial charge in [-0.05, 0) is 90.4 Å². The second-order valence-electron chi connectivity index (χ2n) is 10.2. The summed E-state index contributed by atoms with van der Waals surface area (Å²) in [5.74, 6) is 0.444. The Balaban J connectivity index is 1.38. The van der Waals surface area contributed by atoms with Gasteiger partial charge in [-0.2, -0.15) is 0 Å². The lowest BCUT2D eigenvalue weighted by Crippen LogP contribution is -2.56. The molecule has 7 nitrogen and oxygen atoms in total. The first-order chi connectivity index (χ1) is 17.8. The molecule has 2 saturated heterocycles. The van der Waals surface area contributed by atoms with E-state index in [0.717, 1.165) is 84.2 Å². The molecule has 0 unspecified atom stereocenters. The highest BCUT2D eigenvalue weighted by Crippen LogP contribution is 2.34. The van der Waals surface area contributed by atoms with Gasteiger partial charge in [0.15, 0.2) is 5.16 Å². The number of likely N-dealkylation sites (tertiary alicyclic amines) is 2. The van der Waals surface area contributed by atoms with Crippen LogP contribution in [0.4, 0.5) is 0 Å². The molecule has 9 heteroatoms. The van der Waals surface area contributed by atoms with Crippen molar-refractivity contribution < 1.29 is 9.63 Å². The van der Waals surface area contributed by atoms with Crippen molar-refractivity contribution >= 4 is 39.3 Å². The maximum atomic E-state index is 13.4. The highest BCUT2D eigenvalue weighted by atomic mass is 79.9. The minimum absolute atomic E-state index is 0.0645. The highest BCUT2D eigenvalue weighted by Gasteiger charge is 2.39. The van der Waals surface area contributed by atoms with Crippen LogP contribution in [-0.2, 0) is 4.84 Å². The summed E-state index contributed by atoms with van der Waals surface area (Å²) in [4.78, 5) is 32.6. The average Bonchev–Trinajstić information content (AvgIpc) is 2.90. The molecule has 1 aromatic carbocycles. The number of hydrogen-bond donors (Lipinski definition) is 0. The van der Waals surface area contributed by atoms with Crippen LogP contribution in [0.3, 0.4) is 0 Å². The predicted octanol–water partition coefficient (Wildman–Crippen LogP) is 5.73. The van der Waals surface area contributed by atoms with Crippen LogP contribution in [0.1, 0.15) is 66.8 Å². The van der Waals surface area contributed by atoms with Gasteiger partial charge in [-0.3, -0.25) is 9.69 Å². The number of aromatic nitrogens is 2. The van der Waals surface area contributed by atoms with Gasteiger partial charge in [-0.15, -0.1) is 0 Å². The summed E-state index contributed by atoms with van der Waals surface area (Å²) in [6.45, 7) is 12.3. The summed E-state index contributed by atoms with van der Waals surface area (Å²) in [5.41, 5.74) is 4.49. The van der Waals surface area contributed by atoms with Crippen LogP contribution in [0.2, 0.25) is 0 Å². The van der Waals surface area contributed by atoms with Crippen LogP contribution in [0.15, 0.2) is 39.1 Å². The van der Waals surface area contributed by atoms with Gasteiger partial charge >= 0.3 is 0 Å². The van der Waals surface area contributed by atoms with E-state index in [9.17, 15) is 4.79 Å². The van der Waals surface area contributed by atoms with E-state index in [4.69, 9.17) is 4.84 Å². The third-order valence-electron chi connectivity index (χ3n) is 7.85. The molecule has 0 aliphatic carbocycles. The molecule has 2 aliphatic heterocycles. The summed E-state index contributed by atoms with van der Waals surface area (Å²) in [6.07, 6.45) is 6.00.